The average Bonchev–Trinajstić information content (AvgIpc) is 2.67. The van der Waals surface area contributed by atoms with Crippen LogP contribution in [0.4, 0.5) is 0 Å². The zero-order chi connectivity index (χ0) is 18.7. The maximum Gasteiger partial charge on any atom is 0.0350 e. The minimum atomic E-state index is 0.725. The standard InChI is InChI=1S/C22H23N.C2H6/c1-4-6-19(5-2)22(23)16-11-18-9-14-21(15-10-18)20-12-7-17(3)8-13-20;1-2/h4-10,12-16H,1-2,11,23H2,3H3;1-2H3/b19-6+,22-16-;. The zero-order valence-electron chi connectivity index (χ0n) is 15.6. The molecule has 0 spiro atoms. The van der Waals surface area contributed by atoms with Crippen LogP contribution in [0.1, 0.15) is 25.0 Å². The maximum atomic E-state index is 6.07. The molecule has 0 heterocycles. The Morgan fingerprint density at radius 1 is 0.920 bits per heavy atom. The molecule has 0 aromatic heterocycles. The molecule has 0 fully saturated rings. The van der Waals surface area contributed by atoms with Crippen molar-refractivity contribution in [1.82, 2.24) is 0 Å². The molecule has 2 rings (SSSR count). The molecule has 0 aliphatic rings. The fraction of sp³-hybridized carbons (Fsp3) is 0.167. The molecule has 0 atom stereocenters. The van der Waals surface area contributed by atoms with Gasteiger partial charge in [0.1, 0.15) is 0 Å². The summed E-state index contributed by atoms with van der Waals surface area (Å²) in [6, 6.07) is 17.2. The number of aryl methyl sites for hydroxylation is 1. The highest BCUT2D eigenvalue weighted by molar-refractivity contribution is 5.64. The Morgan fingerprint density at radius 3 is 1.92 bits per heavy atom. The van der Waals surface area contributed by atoms with Crippen LogP contribution in [0.25, 0.3) is 11.1 Å². The molecule has 1 nitrogen and oxygen atoms in total. The van der Waals surface area contributed by atoms with Gasteiger partial charge in [0.2, 0.25) is 0 Å². The molecule has 2 aromatic carbocycles. The van der Waals surface area contributed by atoms with Gasteiger partial charge in [-0.25, -0.2) is 0 Å². The predicted octanol–water partition coefficient (Wildman–Crippen LogP) is 6.37. The van der Waals surface area contributed by atoms with E-state index in [1.54, 1.807) is 12.2 Å². The smallest absolute Gasteiger partial charge is 0.0350 e. The van der Waals surface area contributed by atoms with Crippen molar-refractivity contribution in [3.05, 3.63) is 108 Å². The van der Waals surface area contributed by atoms with Crippen molar-refractivity contribution in [1.29, 1.82) is 0 Å². The van der Waals surface area contributed by atoms with E-state index < -0.39 is 0 Å². The lowest BCUT2D eigenvalue weighted by Crippen LogP contribution is -2.00. The summed E-state index contributed by atoms with van der Waals surface area (Å²) in [6.07, 6.45) is 8.13. The Balaban J connectivity index is 0.00000151. The second-order valence-electron chi connectivity index (χ2n) is 5.49. The third-order valence-electron chi connectivity index (χ3n) is 3.75. The van der Waals surface area contributed by atoms with E-state index in [1.165, 1.54) is 22.3 Å². The number of nitrogens with two attached hydrogens (primary N) is 1. The Bertz CT molecular complexity index is 729. The molecule has 0 amide bonds. The van der Waals surface area contributed by atoms with Crippen molar-refractivity contribution >= 4 is 0 Å². The van der Waals surface area contributed by atoms with Crippen LogP contribution >= 0.6 is 0 Å². The molecule has 0 bridgehead atoms. The van der Waals surface area contributed by atoms with E-state index in [1.807, 2.05) is 26.0 Å². The first-order chi connectivity index (χ1) is 12.1. The van der Waals surface area contributed by atoms with Gasteiger partial charge in [-0.15, -0.1) is 0 Å². The first-order valence-corrected chi connectivity index (χ1v) is 8.71. The van der Waals surface area contributed by atoms with Gasteiger partial charge in [-0.2, -0.15) is 0 Å². The second kappa shape index (κ2) is 10.9. The van der Waals surface area contributed by atoms with Gasteiger partial charge >= 0.3 is 0 Å². The number of rotatable bonds is 6. The molecule has 2 N–H and O–H groups in total. The quantitative estimate of drug-likeness (QED) is 0.611. The van der Waals surface area contributed by atoms with E-state index in [4.69, 9.17) is 5.73 Å². The summed E-state index contributed by atoms with van der Waals surface area (Å²) in [5, 5.41) is 0. The molecule has 1 heteroatoms. The molecule has 25 heavy (non-hydrogen) atoms. The van der Waals surface area contributed by atoms with E-state index in [2.05, 4.69) is 68.6 Å². The van der Waals surface area contributed by atoms with Gasteiger partial charge in [-0.3, -0.25) is 0 Å². The van der Waals surface area contributed by atoms with E-state index in [9.17, 15) is 0 Å². The van der Waals surface area contributed by atoms with Gasteiger partial charge in [0.15, 0.2) is 0 Å². The minimum absolute atomic E-state index is 0.725. The molecule has 0 saturated carbocycles. The summed E-state index contributed by atoms with van der Waals surface area (Å²) in [5.41, 5.74) is 12.7. The molecule has 0 radical (unpaired) electrons. The lowest BCUT2D eigenvalue weighted by Gasteiger charge is -2.05. The molecular formula is C24H29N. The highest BCUT2D eigenvalue weighted by Gasteiger charge is 1.99. The van der Waals surface area contributed by atoms with E-state index in [0.717, 1.165) is 17.7 Å². The predicted molar refractivity (Wildman–Crippen MR) is 112 cm³/mol. The monoisotopic (exact) mass is 331 g/mol. The highest BCUT2D eigenvalue weighted by atomic mass is 14.6. The van der Waals surface area contributed by atoms with Crippen molar-refractivity contribution in [3.63, 3.8) is 0 Å². The van der Waals surface area contributed by atoms with E-state index in [-0.39, 0.29) is 0 Å². The van der Waals surface area contributed by atoms with Crippen molar-refractivity contribution in [2.75, 3.05) is 0 Å². The highest BCUT2D eigenvalue weighted by Crippen LogP contribution is 2.20. The third kappa shape index (κ3) is 6.31. The summed E-state index contributed by atoms with van der Waals surface area (Å²) in [5.74, 6) is 0. The first-order valence-electron chi connectivity index (χ1n) is 8.71. The number of benzene rings is 2. The van der Waals surface area contributed by atoms with Crippen LogP contribution in [0.5, 0.6) is 0 Å². The zero-order valence-corrected chi connectivity index (χ0v) is 15.6. The van der Waals surface area contributed by atoms with Gasteiger partial charge in [0.05, 0.1) is 0 Å². The van der Waals surface area contributed by atoms with Crippen molar-refractivity contribution in [2.45, 2.75) is 27.2 Å². The number of allylic oxidation sites excluding steroid dienone is 4. The molecule has 0 aliphatic heterocycles. The first kappa shape index (κ1) is 20.2. The van der Waals surface area contributed by atoms with Crippen LogP contribution in [0.15, 0.2) is 97.3 Å². The minimum Gasteiger partial charge on any atom is -0.398 e. The number of hydrogen-bond donors (Lipinski definition) is 1. The van der Waals surface area contributed by atoms with Crippen molar-refractivity contribution in [2.24, 2.45) is 5.73 Å². The Labute approximate surface area is 152 Å². The summed E-state index contributed by atoms with van der Waals surface area (Å²) >= 11 is 0. The SMILES string of the molecule is C=C/C=C(C=C)/C(N)=C/Cc1ccc(-c2ccc(C)cc2)cc1.CC. The Hall–Kier alpha value is -2.80. The normalized spacial score (nSPS) is 11.3. The summed E-state index contributed by atoms with van der Waals surface area (Å²) in [4.78, 5) is 0. The fourth-order valence-electron chi connectivity index (χ4n) is 2.33. The molecule has 0 aliphatic carbocycles. The molecule has 0 saturated heterocycles. The summed E-state index contributed by atoms with van der Waals surface area (Å²) < 4.78 is 0. The summed E-state index contributed by atoms with van der Waals surface area (Å²) in [6.45, 7) is 13.6. The van der Waals surface area contributed by atoms with Crippen LogP contribution in [-0.2, 0) is 6.42 Å². The largest absolute Gasteiger partial charge is 0.398 e. The Morgan fingerprint density at radius 2 is 1.44 bits per heavy atom. The van der Waals surface area contributed by atoms with E-state index in [0.29, 0.717) is 0 Å². The van der Waals surface area contributed by atoms with Crippen LogP contribution < -0.4 is 5.73 Å². The second-order valence-corrected chi connectivity index (χ2v) is 5.49. The van der Waals surface area contributed by atoms with Crippen LogP contribution in [0, 0.1) is 6.92 Å². The van der Waals surface area contributed by atoms with Gasteiger partial charge in [-0.1, -0.05) is 105 Å². The molecule has 130 valence electrons. The lowest BCUT2D eigenvalue weighted by molar-refractivity contribution is 1.21. The van der Waals surface area contributed by atoms with Gasteiger partial charge in [0.25, 0.3) is 0 Å². The van der Waals surface area contributed by atoms with Gasteiger partial charge in [-0.05, 0) is 35.6 Å². The Kier molecular flexibility index (Phi) is 8.81. The van der Waals surface area contributed by atoms with Crippen LogP contribution in [0.3, 0.4) is 0 Å². The number of hydrogen-bond acceptors (Lipinski definition) is 1. The molecular weight excluding hydrogens is 302 g/mol. The van der Waals surface area contributed by atoms with Crippen molar-refractivity contribution in [3.8, 4) is 11.1 Å². The fourth-order valence-corrected chi connectivity index (χ4v) is 2.33. The lowest BCUT2D eigenvalue weighted by atomic mass is 10.0. The van der Waals surface area contributed by atoms with Gasteiger partial charge in [0, 0.05) is 5.70 Å². The molecule has 0 unspecified atom stereocenters. The summed E-state index contributed by atoms with van der Waals surface area (Å²) in [7, 11) is 0. The third-order valence-corrected chi connectivity index (χ3v) is 3.75. The van der Waals surface area contributed by atoms with Crippen LogP contribution in [-0.4, -0.2) is 0 Å². The molecule has 2 aromatic rings. The average molecular weight is 332 g/mol. The van der Waals surface area contributed by atoms with E-state index >= 15 is 0 Å². The van der Waals surface area contributed by atoms with Gasteiger partial charge < -0.3 is 5.73 Å². The maximum absolute atomic E-state index is 6.07. The van der Waals surface area contributed by atoms with Crippen molar-refractivity contribution < 1.29 is 0 Å². The van der Waals surface area contributed by atoms with Crippen LogP contribution in [0.2, 0.25) is 0 Å². The topological polar surface area (TPSA) is 26.0 Å².